The molecule has 0 saturated heterocycles. The van der Waals surface area contributed by atoms with E-state index in [2.05, 4.69) is 6.58 Å². The lowest BCUT2D eigenvalue weighted by Gasteiger charge is -2.11. The monoisotopic (exact) mass is 441 g/mol. The standard InChI is InChI=1S/C26H19NO6/c1-2-9-18-12-8-15-21-23(28)22(27(30)31)25(33-24(18)21)19-13-6-7-14-20(19)26(29)32-16-17-10-4-3-5-11-17/h2-8,10-15H,1,9,16H2. The molecule has 0 aliphatic rings. The number of nitrogens with zero attached hydrogens (tertiary/aromatic N) is 1. The smallest absolute Gasteiger partial charge is 0.359 e. The molecular formula is C26H19NO6. The van der Waals surface area contributed by atoms with Gasteiger partial charge in [-0.05, 0) is 29.7 Å². The van der Waals surface area contributed by atoms with E-state index in [1.165, 1.54) is 18.2 Å². The molecule has 7 nitrogen and oxygen atoms in total. The lowest BCUT2D eigenvalue weighted by Crippen LogP contribution is -2.13. The summed E-state index contributed by atoms with van der Waals surface area (Å²) in [6.07, 6.45) is 2.04. The Kier molecular flexibility index (Phi) is 6.13. The van der Waals surface area contributed by atoms with Crippen molar-refractivity contribution in [1.29, 1.82) is 0 Å². The SMILES string of the molecule is C=CCc1cccc2c(=O)c([N+](=O)[O-])c(-c3ccccc3C(=O)OCc3ccccc3)oc12. The van der Waals surface area contributed by atoms with Crippen LogP contribution in [0.3, 0.4) is 0 Å². The summed E-state index contributed by atoms with van der Waals surface area (Å²) in [5.41, 5.74) is 0.307. The Hall–Kier alpha value is -4.52. The Labute approximate surface area is 188 Å². The molecule has 0 amide bonds. The van der Waals surface area contributed by atoms with Gasteiger partial charge in [-0.1, -0.05) is 66.7 Å². The molecule has 1 aromatic heterocycles. The van der Waals surface area contributed by atoms with E-state index < -0.39 is 22.0 Å². The van der Waals surface area contributed by atoms with E-state index in [-0.39, 0.29) is 34.5 Å². The highest BCUT2D eigenvalue weighted by molar-refractivity contribution is 5.98. The Morgan fingerprint density at radius 2 is 1.76 bits per heavy atom. The molecule has 1 heterocycles. The van der Waals surface area contributed by atoms with Gasteiger partial charge in [0.05, 0.1) is 15.9 Å². The Balaban J connectivity index is 1.87. The van der Waals surface area contributed by atoms with Crippen molar-refractivity contribution in [2.45, 2.75) is 13.0 Å². The zero-order valence-corrected chi connectivity index (χ0v) is 17.5. The molecule has 0 unspecified atom stereocenters. The van der Waals surface area contributed by atoms with Crippen molar-refractivity contribution in [2.75, 3.05) is 0 Å². The first-order chi connectivity index (χ1) is 16.0. The lowest BCUT2D eigenvalue weighted by atomic mass is 10.0. The zero-order chi connectivity index (χ0) is 23.4. The highest BCUT2D eigenvalue weighted by atomic mass is 16.6. The summed E-state index contributed by atoms with van der Waals surface area (Å²) < 4.78 is 11.4. The molecule has 0 radical (unpaired) electrons. The molecule has 4 aromatic rings. The van der Waals surface area contributed by atoms with Gasteiger partial charge in [0.2, 0.25) is 5.76 Å². The van der Waals surface area contributed by atoms with Crippen LogP contribution in [0.2, 0.25) is 0 Å². The maximum atomic E-state index is 13.1. The predicted octanol–water partition coefficient (Wildman–Crippen LogP) is 5.45. The molecule has 0 spiro atoms. The highest BCUT2D eigenvalue weighted by Gasteiger charge is 2.29. The number of ether oxygens (including phenoxy) is 1. The Morgan fingerprint density at radius 1 is 1.03 bits per heavy atom. The number of nitro groups is 1. The number of esters is 1. The average molecular weight is 441 g/mol. The van der Waals surface area contributed by atoms with E-state index in [1.807, 2.05) is 30.3 Å². The largest absolute Gasteiger partial charge is 0.457 e. The normalized spacial score (nSPS) is 10.7. The minimum absolute atomic E-state index is 0.0290. The first-order valence-corrected chi connectivity index (χ1v) is 10.2. The van der Waals surface area contributed by atoms with Crippen molar-refractivity contribution in [3.63, 3.8) is 0 Å². The van der Waals surface area contributed by atoms with Crippen molar-refractivity contribution >= 4 is 22.6 Å². The van der Waals surface area contributed by atoms with E-state index in [9.17, 15) is 19.7 Å². The molecule has 0 atom stereocenters. The topological polar surface area (TPSA) is 99.7 Å². The second-order valence-electron chi connectivity index (χ2n) is 7.26. The van der Waals surface area contributed by atoms with Crippen molar-refractivity contribution in [2.24, 2.45) is 0 Å². The number of fused-ring (bicyclic) bond motifs is 1. The van der Waals surface area contributed by atoms with Crippen LogP contribution >= 0.6 is 0 Å². The van der Waals surface area contributed by atoms with Crippen LogP contribution in [-0.2, 0) is 17.8 Å². The van der Waals surface area contributed by atoms with Gasteiger partial charge < -0.3 is 9.15 Å². The molecule has 7 heteroatoms. The van der Waals surface area contributed by atoms with Crippen LogP contribution in [0.5, 0.6) is 0 Å². The summed E-state index contributed by atoms with van der Waals surface area (Å²) in [5.74, 6) is -0.979. The van der Waals surface area contributed by atoms with Crippen LogP contribution in [0, 0.1) is 10.1 Å². The van der Waals surface area contributed by atoms with E-state index >= 15 is 0 Å². The molecule has 0 bridgehead atoms. The molecule has 0 saturated carbocycles. The third kappa shape index (κ3) is 4.29. The first kappa shape index (κ1) is 21.7. The number of para-hydroxylation sites is 1. The maximum absolute atomic E-state index is 13.1. The van der Waals surface area contributed by atoms with Crippen molar-refractivity contribution in [3.05, 3.63) is 122 Å². The minimum Gasteiger partial charge on any atom is -0.457 e. The fourth-order valence-corrected chi connectivity index (χ4v) is 3.59. The Bertz CT molecular complexity index is 1420. The fraction of sp³-hybridized carbons (Fsp3) is 0.0769. The summed E-state index contributed by atoms with van der Waals surface area (Å²) in [4.78, 5) is 37.0. The van der Waals surface area contributed by atoms with Gasteiger partial charge in [-0.15, -0.1) is 6.58 Å². The van der Waals surface area contributed by atoms with Gasteiger partial charge in [0.25, 0.3) is 5.43 Å². The van der Waals surface area contributed by atoms with Crippen LogP contribution in [0.4, 0.5) is 5.69 Å². The van der Waals surface area contributed by atoms with Crippen molar-refractivity contribution in [1.82, 2.24) is 0 Å². The molecule has 0 aliphatic carbocycles. The summed E-state index contributed by atoms with van der Waals surface area (Å²) in [6, 6.07) is 20.2. The highest BCUT2D eigenvalue weighted by Crippen LogP contribution is 2.34. The van der Waals surface area contributed by atoms with Gasteiger partial charge in [0.1, 0.15) is 12.2 Å². The van der Waals surface area contributed by atoms with Crippen LogP contribution in [-0.4, -0.2) is 10.9 Å². The molecule has 0 aliphatic heterocycles. The molecule has 4 rings (SSSR count). The van der Waals surface area contributed by atoms with Crippen molar-refractivity contribution in [3.8, 4) is 11.3 Å². The van der Waals surface area contributed by atoms with E-state index in [4.69, 9.17) is 9.15 Å². The summed E-state index contributed by atoms with van der Waals surface area (Å²) in [6.45, 7) is 3.73. The number of benzene rings is 3. The number of hydrogen-bond acceptors (Lipinski definition) is 6. The molecule has 164 valence electrons. The number of carbonyl (C=O) groups excluding carboxylic acids is 1. The van der Waals surface area contributed by atoms with Gasteiger partial charge in [0.15, 0.2) is 0 Å². The minimum atomic E-state index is -0.785. The quantitative estimate of drug-likeness (QED) is 0.164. The van der Waals surface area contributed by atoms with E-state index in [0.29, 0.717) is 12.0 Å². The second-order valence-corrected chi connectivity index (χ2v) is 7.26. The molecule has 33 heavy (non-hydrogen) atoms. The summed E-state index contributed by atoms with van der Waals surface area (Å²) >= 11 is 0. The molecular weight excluding hydrogens is 422 g/mol. The third-order valence-corrected chi connectivity index (χ3v) is 5.13. The number of carbonyl (C=O) groups is 1. The van der Waals surface area contributed by atoms with Gasteiger partial charge >= 0.3 is 11.7 Å². The second kappa shape index (κ2) is 9.32. The predicted molar refractivity (Wildman–Crippen MR) is 124 cm³/mol. The van der Waals surface area contributed by atoms with E-state index in [0.717, 1.165) is 5.56 Å². The van der Waals surface area contributed by atoms with Crippen LogP contribution in [0.25, 0.3) is 22.3 Å². The Morgan fingerprint density at radius 3 is 2.48 bits per heavy atom. The number of hydrogen-bond donors (Lipinski definition) is 0. The molecule has 0 fully saturated rings. The van der Waals surface area contributed by atoms with Crippen LogP contribution in [0.15, 0.2) is 94.7 Å². The number of allylic oxidation sites excluding steroid dienone is 1. The molecule has 0 N–H and O–H groups in total. The summed E-state index contributed by atoms with van der Waals surface area (Å²) in [7, 11) is 0. The number of rotatable bonds is 7. The first-order valence-electron chi connectivity index (χ1n) is 10.2. The van der Waals surface area contributed by atoms with Crippen LogP contribution in [0.1, 0.15) is 21.5 Å². The average Bonchev–Trinajstić information content (AvgIpc) is 2.83. The van der Waals surface area contributed by atoms with Gasteiger partial charge in [0, 0.05) is 5.56 Å². The van der Waals surface area contributed by atoms with E-state index in [1.54, 1.807) is 30.3 Å². The summed E-state index contributed by atoms with van der Waals surface area (Å²) in [5, 5.41) is 12.0. The van der Waals surface area contributed by atoms with Gasteiger partial charge in [-0.3, -0.25) is 14.9 Å². The zero-order valence-electron chi connectivity index (χ0n) is 17.5. The molecule has 3 aromatic carbocycles. The van der Waals surface area contributed by atoms with Gasteiger partial charge in [-0.25, -0.2) is 4.79 Å². The van der Waals surface area contributed by atoms with Crippen molar-refractivity contribution < 1.29 is 18.9 Å². The fourth-order valence-electron chi connectivity index (χ4n) is 3.59. The van der Waals surface area contributed by atoms with Crippen LogP contribution < -0.4 is 5.43 Å². The maximum Gasteiger partial charge on any atom is 0.359 e. The van der Waals surface area contributed by atoms with Gasteiger partial charge in [-0.2, -0.15) is 0 Å². The third-order valence-electron chi connectivity index (χ3n) is 5.13. The lowest BCUT2D eigenvalue weighted by molar-refractivity contribution is -0.386.